The van der Waals surface area contributed by atoms with Gasteiger partial charge < -0.3 is 9.15 Å². The van der Waals surface area contributed by atoms with Crippen molar-refractivity contribution in [3.63, 3.8) is 0 Å². The zero-order chi connectivity index (χ0) is 19.3. The Kier molecular flexibility index (Phi) is 5.56. The average Bonchev–Trinajstić information content (AvgIpc) is 3.09. The Balaban J connectivity index is 1.95. The van der Waals surface area contributed by atoms with E-state index in [0.717, 1.165) is 0 Å². The van der Waals surface area contributed by atoms with Crippen molar-refractivity contribution in [2.24, 2.45) is 0 Å². The van der Waals surface area contributed by atoms with Crippen LogP contribution in [0, 0.1) is 0 Å². The first kappa shape index (κ1) is 18.7. The fraction of sp³-hybridized carbons (Fsp3) is 0.158. The number of oxazole rings is 1. The van der Waals surface area contributed by atoms with Gasteiger partial charge in [-0.2, -0.15) is 4.98 Å². The summed E-state index contributed by atoms with van der Waals surface area (Å²) in [5, 5.41) is 0. The van der Waals surface area contributed by atoms with E-state index in [2.05, 4.69) is 14.4 Å². The number of esters is 1. The first-order chi connectivity index (χ1) is 13.0. The highest BCUT2D eigenvalue weighted by Gasteiger charge is 2.22. The maximum absolute atomic E-state index is 12.6. The van der Waals surface area contributed by atoms with Crippen LogP contribution in [0.3, 0.4) is 0 Å². The molecule has 2 aromatic carbocycles. The van der Waals surface area contributed by atoms with Gasteiger partial charge in [0.2, 0.25) is 0 Å². The Morgan fingerprint density at radius 3 is 2.33 bits per heavy atom. The molecule has 0 aliphatic carbocycles. The number of methoxy groups -OCH3 is 1. The van der Waals surface area contributed by atoms with Gasteiger partial charge in [-0.05, 0) is 12.1 Å². The van der Waals surface area contributed by atoms with Gasteiger partial charge in [0, 0.05) is 12.0 Å². The Labute approximate surface area is 157 Å². The molecule has 27 heavy (non-hydrogen) atoms. The van der Waals surface area contributed by atoms with Crippen LogP contribution in [0.25, 0.3) is 11.3 Å². The molecule has 0 spiro atoms. The normalized spacial score (nSPS) is 11.1. The minimum atomic E-state index is -3.83. The minimum absolute atomic E-state index is 0.0740. The smallest absolute Gasteiger partial charge is 0.306 e. The summed E-state index contributed by atoms with van der Waals surface area (Å²) in [5.74, 6) is 0.200. The number of rotatable bonds is 7. The third-order valence-corrected chi connectivity index (χ3v) is 5.12. The Bertz CT molecular complexity index is 1010. The lowest BCUT2D eigenvalue weighted by Gasteiger charge is -2.06. The molecule has 3 aromatic rings. The molecule has 1 heterocycles. The number of benzene rings is 2. The van der Waals surface area contributed by atoms with E-state index in [-0.39, 0.29) is 35.2 Å². The van der Waals surface area contributed by atoms with Crippen LogP contribution in [-0.2, 0) is 26.0 Å². The SMILES string of the molecule is COC(=O)CCc1nc(NS(=O)(=O)c2ccccc2)c(-c2ccccc2)o1. The standard InChI is InChI=1S/C19H18N2O5S/c1-25-17(22)13-12-16-20-19(18(26-16)14-8-4-2-5-9-14)21-27(23,24)15-10-6-3-7-11-15/h2-11,21H,12-13H2,1H3. The molecule has 0 amide bonds. The summed E-state index contributed by atoms with van der Waals surface area (Å²) in [6.45, 7) is 0. The Morgan fingerprint density at radius 2 is 1.70 bits per heavy atom. The minimum Gasteiger partial charge on any atom is -0.469 e. The molecule has 0 atom stereocenters. The number of aromatic nitrogens is 1. The summed E-state index contributed by atoms with van der Waals surface area (Å²) in [7, 11) is -2.53. The van der Waals surface area contributed by atoms with E-state index in [4.69, 9.17) is 4.42 Å². The van der Waals surface area contributed by atoms with Crippen LogP contribution in [0.15, 0.2) is 70.0 Å². The summed E-state index contributed by atoms with van der Waals surface area (Å²) in [5.41, 5.74) is 0.667. The maximum atomic E-state index is 12.6. The van der Waals surface area contributed by atoms with Crippen molar-refractivity contribution in [3.8, 4) is 11.3 Å². The first-order valence-corrected chi connectivity index (χ1v) is 9.68. The van der Waals surface area contributed by atoms with Gasteiger partial charge in [0.25, 0.3) is 10.0 Å². The number of carbonyl (C=O) groups is 1. The topological polar surface area (TPSA) is 98.5 Å². The van der Waals surface area contributed by atoms with Gasteiger partial charge in [0.05, 0.1) is 18.4 Å². The largest absolute Gasteiger partial charge is 0.469 e. The van der Waals surface area contributed by atoms with Crippen molar-refractivity contribution in [2.75, 3.05) is 11.8 Å². The van der Waals surface area contributed by atoms with E-state index in [1.165, 1.54) is 19.2 Å². The van der Waals surface area contributed by atoms with E-state index in [1.807, 2.05) is 6.07 Å². The third kappa shape index (κ3) is 4.53. The Hall–Kier alpha value is -3.13. The fourth-order valence-corrected chi connectivity index (χ4v) is 3.45. The van der Waals surface area contributed by atoms with Crippen molar-refractivity contribution in [1.82, 2.24) is 4.98 Å². The molecule has 0 aliphatic rings. The molecule has 0 saturated carbocycles. The van der Waals surface area contributed by atoms with Gasteiger partial charge in [-0.1, -0.05) is 48.5 Å². The number of ether oxygens (including phenoxy) is 1. The highest BCUT2D eigenvalue weighted by atomic mass is 32.2. The van der Waals surface area contributed by atoms with Gasteiger partial charge in [-0.25, -0.2) is 8.42 Å². The van der Waals surface area contributed by atoms with Crippen molar-refractivity contribution in [3.05, 3.63) is 66.6 Å². The van der Waals surface area contributed by atoms with Gasteiger partial charge >= 0.3 is 5.97 Å². The summed E-state index contributed by atoms with van der Waals surface area (Å²) in [6.07, 6.45) is 0.274. The second kappa shape index (κ2) is 8.05. The monoisotopic (exact) mass is 386 g/mol. The lowest BCUT2D eigenvalue weighted by atomic mass is 10.2. The molecule has 7 nitrogen and oxygen atoms in total. The van der Waals surface area contributed by atoms with E-state index >= 15 is 0 Å². The van der Waals surface area contributed by atoms with Crippen LogP contribution in [0.2, 0.25) is 0 Å². The van der Waals surface area contributed by atoms with Crippen molar-refractivity contribution < 1.29 is 22.4 Å². The molecule has 0 unspecified atom stereocenters. The van der Waals surface area contributed by atoms with E-state index in [0.29, 0.717) is 5.56 Å². The van der Waals surface area contributed by atoms with Crippen molar-refractivity contribution in [2.45, 2.75) is 17.7 Å². The second-order valence-corrected chi connectivity index (χ2v) is 7.33. The zero-order valence-electron chi connectivity index (χ0n) is 14.6. The lowest BCUT2D eigenvalue weighted by molar-refractivity contribution is -0.140. The fourth-order valence-electron chi connectivity index (χ4n) is 2.42. The quantitative estimate of drug-likeness (QED) is 0.626. The zero-order valence-corrected chi connectivity index (χ0v) is 15.4. The summed E-state index contributed by atoms with van der Waals surface area (Å²) < 4.78 is 38.1. The van der Waals surface area contributed by atoms with Crippen LogP contribution in [0.4, 0.5) is 5.82 Å². The summed E-state index contributed by atoms with van der Waals surface area (Å²) in [4.78, 5) is 15.7. The first-order valence-electron chi connectivity index (χ1n) is 8.19. The predicted octanol–water partition coefficient (Wildman–Crippen LogP) is 3.25. The number of hydrogen-bond donors (Lipinski definition) is 1. The maximum Gasteiger partial charge on any atom is 0.306 e. The molecule has 0 saturated heterocycles. The van der Waals surface area contributed by atoms with E-state index in [9.17, 15) is 13.2 Å². The summed E-state index contributed by atoms with van der Waals surface area (Å²) >= 11 is 0. The molecule has 0 bridgehead atoms. The van der Waals surface area contributed by atoms with Gasteiger partial charge in [0.1, 0.15) is 0 Å². The lowest BCUT2D eigenvalue weighted by Crippen LogP contribution is -2.13. The molecule has 140 valence electrons. The highest BCUT2D eigenvalue weighted by Crippen LogP contribution is 2.31. The Morgan fingerprint density at radius 1 is 1.07 bits per heavy atom. The number of anilines is 1. The molecule has 1 N–H and O–H groups in total. The van der Waals surface area contributed by atoms with E-state index < -0.39 is 16.0 Å². The van der Waals surface area contributed by atoms with Gasteiger partial charge in [0.15, 0.2) is 17.5 Å². The van der Waals surface area contributed by atoms with Gasteiger partial charge in [-0.15, -0.1) is 0 Å². The van der Waals surface area contributed by atoms with Crippen molar-refractivity contribution in [1.29, 1.82) is 0 Å². The van der Waals surface area contributed by atoms with Crippen LogP contribution >= 0.6 is 0 Å². The van der Waals surface area contributed by atoms with Crippen molar-refractivity contribution >= 4 is 21.8 Å². The molecule has 0 radical (unpaired) electrons. The summed E-state index contributed by atoms with van der Waals surface area (Å²) in [6, 6.07) is 17.0. The van der Waals surface area contributed by atoms with E-state index in [1.54, 1.807) is 42.5 Å². The van der Waals surface area contributed by atoms with Gasteiger partial charge in [-0.3, -0.25) is 9.52 Å². The highest BCUT2D eigenvalue weighted by molar-refractivity contribution is 7.92. The molecule has 0 fully saturated rings. The van der Waals surface area contributed by atoms with Crippen LogP contribution in [0.5, 0.6) is 0 Å². The molecule has 0 aliphatic heterocycles. The van der Waals surface area contributed by atoms with Crippen LogP contribution in [-0.4, -0.2) is 26.5 Å². The number of carbonyl (C=O) groups excluding carboxylic acids is 1. The number of nitrogens with zero attached hydrogens (tertiary/aromatic N) is 1. The second-order valence-electron chi connectivity index (χ2n) is 5.65. The van der Waals surface area contributed by atoms with Crippen LogP contribution in [0.1, 0.15) is 12.3 Å². The number of hydrogen-bond acceptors (Lipinski definition) is 6. The number of nitrogens with one attached hydrogen (secondary N) is 1. The van der Waals surface area contributed by atoms with Crippen LogP contribution < -0.4 is 4.72 Å². The third-order valence-electron chi connectivity index (χ3n) is 3.76. The molecular formula is C19H18N2O5S. The molecular weight excluding hydrogens is 368 g/mol. The predicted molar refractivity (Wildman–Crippen MR) is 99.5 cm³/mol. The average molecular weight is 386 g/mol. The number of sulfonamides is 1. The molecule has 3 rings (SSSR count). The molecule has 1 aromatic heterocycles. The molecule has 8 heteroatoms. The number of aryl methyl sites for hydroxylation is 1.